The summed E-state index contributed by atoms with van der Waals surface area (Å²) in [6.45, 7) is 6.66. The molecule has 8 nitrogen and oxygen atoms in total. The van der Waals surface area contributed by atoms with Crippen molar-refractivity contribution in [1.82, 2.24) is 25.0 Å². The van der Waals surface area contributed by atoms with Crippen LogP contribution in [0, 0.1) is 22.7 Å². The van der Waals surface area contributed by atoms with Gasteiger partial charge < -0.3 is 15.0 Å². The van der Waals surface area contributed by atoms with Crippen molar-refractivity contribution in [1.29, 1.82) is 10.7 Å². The van der Waals surface area contributed by atoms with E-state index in [0.717, 1.165) is 55.9 Å². The minimum Gasteiger partial charge on any atom is -0.494 e. The van der Waals surface area contributed by atoms with Crippen LogP contribution in [-0.4, -0.2) is 78.6 Å². The maximum absolute atomic E-state index is 13.5. The Labute approximate surface area is 268 Å². The fourth-order valence-electron chi connectivity index (χ4n) is 5.77. The highest BCUT2D eigenvalue weighted by Crippen LogP contribution is 2.27. The van der Waals surface area contributed by atoms with Gasteiger partial charge in [0.2, 0.25) is 5.96 Å². The van der Waals surface area contributed by atoms with E-state index in [4.69, 9.17) is 10.1 Å². The average Bonchev–Trinajstić information content (AvgIpc) is 3.06. The number of guanidine groups is 1. The molecule has 2 aromatic carbocycles. The quantitative estimate of drug-likeness (QED) is 0.0614. The standard InChI is InChI=1S/C36H48FN7O/c1-42(25-18-34(35-13-3-4-19-40-35)31-14-16-32(37)17-15-31)21-8-5-20-41-36(39)44(29-38)24-10-26-45-33-12-9-11-30(27-33)28-43-22-6-2-7-23-43/h3-4,9,11-17,19,27,34H,2,5-8,10,18,20-26,28H2,1H3,(H2,39,41). The van der Waals surface area contributed by atoms with Gasteiger partial charge in [-0.15, -0.1) is 0 Å². The van der Waals surface area contributed by atoms with Crippen molar-refractivity contribution in [2.45, 2.75) is 57.4 Å². The fraction of sp³-hybridized carbons (Fsp3) is 0.472. The van der Waals surface area contributed by atoms with Gasteiger partial charge in [0.1, 0.15) is 11.6 Å². The van der Waals surface area contributed by atoms with Crippen LogP contribution in [0.3, 0.4) is 0 Å². The third kappa shape index (κ3) is 11.8. The first-order chi connectivity index (χ1) is 22.0. The predicted molar refractivity (Wildman–Crippen MR) is 178 cm³/mol. The molecule has 1 aromatic heterocycles. The summed E-state index contributed by atoms with van der Waals surface area (Å²) in [7, 11) is 2.11. The number of hydrogen-bond acceptors (Lipinski definition) is 6. The Bertz CT molecular complexity index is 1330. The van der Waals surface area contributed by atoms with E-state index in [1.165, 1.54) is 54.9 Å². The SMILES string of the molecule is CN(CCCCNC(=N)N(C#N)CCCOc1cccc(CN2CCCCC2)c1)CCC(c1ccc(F)cc1)c1ccccn1. The zero-order valence-corrected chi connectivity index (χ0v) is 26.6. The largest absolute Gasteiger partial charge is 0.494 e. The molecule has 2 N–H and O–H groups in total. The van der Waals surface area contributed by atoms with Gasteiger partial charge in [0.15, 0.2) is 6.19 Å². The Hall–Kier alpha value is -4.00. The van der Waals surface area contributed by atoms with Gasteiger partial charge in [-0.25, -0.2) is 9.29 Å². The van der Waals surface area contributed by atoms with E-state index in [1.807, 2.05) is 42.5 Å². The summed E-state index contributed by atoms with van der Waals surface area (Å²) in [4.78, 5) is 10.7. The number of piperidine rings is 1. The molecule has 1 atom stereocenters. The van der Waals surface area contributed by atoms with Crippen molar-refractivity contribution < 1.29 is 9.13 Å². The molecule has 0 amide bonds. The first kappa shape index (κ1) is 33.9. The van der Waals surface area contributed by atoms with Crippen LogP contribution >= 0.6 is 0 Å². The van der Waals surface area contributed by atoms with Gasteiger partial charge in [-0.05, 0) is 113 Å². The summed E-state index contributed by atoms with van der Waals surface area (Å²) >= 11 is 0. The predicted octanol–water partition coefficient (Wildman–Crippen LogP) is 6.22. The van der Waals surface area contributed by atoms with Gasteiger partial charge >= 0.3 is 0 Å². The Balaban J connectivity index is 1.09. The highest BCUT2D eigenvalue weighted by Gasteiger charge is 2.17. The molecule has 1 saturated heterocycles. The van der Waals surface area contributed by atoms with Gasteiger partial charge in [0.25, 0.3) is 0 Å². The molecule has 240 valence electrons. The third-order valence-corrected chi connectivity index (χ3v) is 8.31. The number of halogens is 1. The molecule has 2 heterocycles. The highest BCUT2D eigenvalue weighted by atomic mass is 19.1. The number of ether oxygens (including phenoxy) is 1. The second kappa shape index (κ2) is 18.7. The van der Waals surface area contributed by atoms with Crippen molar-refractivity contribution in [3.63, 3.8) is 0 Å². The maximum Gasteiger partial charge on any atom is 0.204 e. The summed E-state index contributed by atoms with van der Waals surface area (Å²) in [6, 6.07) is 20.9. The van der Waals surface area contributed by atoms with Crippen LogP contribution in [0.25, 0.3) is 0 Å². The van der Waals surface area contributed by atoms with Crippen molar-refractivity contribution >= 4 is 5.96 Å². The van der Waals surface area contributed by atoms with Gasteiger partial charge in [-0.1, -0.05) is 36.8 Å². The van der Waals surface area contributed by atoms with Crippen LogP contribution in [0.1, 0.15) is 67.7 Å². The number of nitrogens with one attached hydrogen (secondary N) is 2. The number of hydrogen-bond donors (Lipinski definition) is 2. The van der Waals surface area contributed by atoms with Gasteiger partial charge in [0, 0.05) is 43.9 Å². The first-order valence-electron chi connectivity index (χ1n) is 16.3. The summed E-state index contributed by atoms with van der Waals surface area (Å²) < 4.78 is 19.5. The second-order valence-corrected chi connectivity index (χ2v) is 11.9. The molecule has 0 aliphatic carbocycles. The number of unbranched alkanes of at least 4 members (excludes halogenated alkanes) is 1. The van der Waals surface area contributed by atoms with E-state index >= 15 is 0 Å². The van der Waals surface area contributed by atoms with E-state index in [2.05, 4.69) is 45.5 Å². The number of aromatic nitrogens is 1. The highest BCUT2D eigenvalue weighted by molar-refractivity contribution is 5.78. The Morgan fingerprint density at radius 3 is 2.60 bits per heavy atom. The average molecular weight is 614 g/mol. The van der Waals surface area contributed by atoms with E-state index in [9.17, 15) is 9.65 Å². The molecule has 0 saturated carbocycles. The van der Waals surface area contributed by atoms with Crippen molar-refractivity contribution in [2.24, 2.45) is 0 Å². The number of rotatable bonds is 17. The molecule has 4 rings (SSSR count). The zero-order valence-electron chi connectivity index (χ0n) is 26.6. The van der Waals surface area contributed by atoms with E-state index in [0.29, 0.717) is 26.1 Å². The Morgan fingerprint density at radius 1 is 1.02 bits per heavy atom. The van der Waals surface area contributed by atoms with E-state index < -0.39 is 0 Å². The van der Waals surface area contributed by atoms with Crippen LogP contribution in [0.15, 0.2) is 72.9 Å². The smallest absolute Gasteiger partial charge is 0.204 e. The monoisotopic (exact) mass is 613 g/mol. The number of pyridine rings is 1. The van der Waals surface area contributed by atoms with E-state index in [-0.39, 0.29) is 17.7 Å². The molecular formula is C36H48FN7O. The molecule has 45 heavy (non-hydrogen) atoms. The van der Waals surface area contributed by atoms with Crippen LogP contribution in [0.4, 0.5) is 4.39 Å². The molecule has 9 heteroatoms. The lowest BCUT2D eigenvalue weighted by Crippen LogP contribution is -2.39. The maximum atomic E-state index is 13.5. The summed E-state index contributed by atoms with van der Waals surface area (Å²) in [5.74, 6) is 0.859. The van der Waals surface area contributed by atoms with Crippen LogP contribution in [0.5, 0.6) is 5.75 Å². The minimum atomic E-state index is -0.232. The lowest BCUT2D eigenvalue weighted by Gasteiger charge is -2.26. The molecule has 1 aliphatic heterocycles. The topological polar surface area (TPSA) is 91.5 Å². The fourth-order valence-corrected chi connectivity index (χ4v) is 5.77. The Kier molecular flexibility index (Phi) is 14.1. The molecule has 1 unspecified atom stereocenters. The molecule has 0 radical (unpaired) electrons. The van der Waals surface area contributed by atoms with Crippen LogP contribution < -0.4 is 10.1 Å². The third-order valence-electron chi connectivity index (χ3n) is 8.31. The zero-order chi connectivity index (χ0) is 31.7. The minimum absolute atomic E-state index is 0.105. The van der Waals surface area contributed by atoms with E-state index in [1.54, 1.807) is 6.20 Å². The molecular weight excluding hydrogens is 565 g/mol. The molecule has 3 aromatic rings. The number of likely N-dealkylation sites (tertiary alicyclic amines) is 1. The van der Waals surface area contributed by atoms with Gasteiger partial charge in [0.05, 0.1) is 6.61 Å². The summed E-state index contributed by atoms with van der Waals surface area (Å²) in [6.07, 6.45) is 11.2. The van der Waals surface area contributed by atoms with Crippen LogP contribution in [0.2, 0.25) is 0 Å². The number of nitrogens with zero attached hydrogens (tertiary/aromatic N) is 5. The lowest BCUT2D eigenvalue weighted by atomic mass is 9.91. The molecule has 1 aliphatic rings. The summed E-state index contributed by atoms with van der Waals surface area (Å²) in [5.41, 5.74) is 3.33. The Morgan fingerprint density at radius 2 is 1.84 bits per heavy atom. The van der Waals surface area contributed by atoms with Gasteiger partial charge in [-0.3, -0.25) is 15.3 Å². The van der Waals surface area contributed by atoms with Crippen LogP contribution in [-0.2, 0) is 6.54 Å². The van der Waals surface area contributed by atoms with Crippen molar-refractivity contribution in [3.8, 4) is 11.9 Å². The lowest BCUT2D eigenvalue weighted by molar-refractivity contribution is 0.220. The normalized spacial score (nSPS) is 14.1. The van der Waals surface area contributed by atoms with Crippen molar-refractivity contribution in [2.75, 3.05) is 52.9 Å². The molecule has 0 bridgehead atoms. The number of benzene rings is 2. The number of nitriles is 1. The first-order valence-corrected chi connectivity index (χ1v) is 16.3. The molecule has 0 spiro atoms. The van der Waals surface area contributed by atoms with Crippen molar-refractivity contribution in [3.05, 3.63) is 95.6 Å². The second-order valence-electron chi connectivity index (χ2n) is 11.9. The molecule has 1 fully saturated rings. The van der Waals surface area contributed by atoms with Gasteiger partial charge in [-0.2, -0.15) is 5.26 Å². The summed E-state index contributed by atoms with van der Waals surface area (Å²) in [5, 5.41) is 21.0.